The van der Waals surface area contributed by atoms with Crippen molar-refractivity contribution in [2.75, 3.05) is 12.8 Å². The molecule has 6 N–H and O–H groups in total. The Morgan fingerprint density at radius 1 is 1.56 bits per heavy atom. The number of H-pyrrole nitrogens is 1. The topological polar surface area (TPSA) is 127 Å². The molecule has 0 saturated carbocycles. The van der Waals surface area contributed by atoms with E-state index in [2.05, 4.69) is 20.4 Å². The Labute approximate surface area is 91.0 Å². The van der Waals surface area contributed by atoms with Crippen molar-refractivity contribution in [1.82, 2.24) is 9.97 Å². The molecule has 1 amide bonds. The van der Waals surface area contributed by atoms with Crippen LogP contribution in [0.4, 0.5) is 10.7 Å². The molecule has 1 aromatic heterocycles. The fourth-order valence-electron chi connectivity index (χ4n) is 1.02. The number of methoxy groups -OCH3 is 1. The summed E-state index contributed by atoms with van der Waals surface area (Å²) in [6.07, 6.45) is -0.745. The van der Waals surface area contributed by atoms with E-state index in [4.69, 9.17) is 10.8 Å². The van der Waals surface area contributed by atoms with E-state index in [0.29, 0.717) is 5.95 Å². The van der Waals surface area contributed by atoms with Crippen molar-refractivity contribution in [2.24, 2.45) is 5.73 Å². The fraction of sp³-hybridized carbons (Fsp3) is 0.111. The van der Waals surface area contributed by atoms with Crippen LogP contribution in [0.5, 0.6) is 5.75 Å². The van der Waals surface area contributed by atoms with E-state index < -0.39 is 6.09 Å². The van der Waals surface area contributed by atoms with Crippen molar-refractivity contribution in [1.29, 1.82) is 0 Å². The van der Waals surface area contributed by atoms with Gasteiger partial charge in [-0.25, -0.2) is 9.78 Å². The summed E-state index contributed by atoms with van der Waals surface area (Å²) in [5.41, 5.74) is 11.3. The minimum absolute atomic E-state index is 0.209. The summed E-state index contributed by atoms with van der Waals surface area (Å²) in [5.74, 6) is 0.576. The minimum Gasteiger partial charge on any atom is -0.508 e. The van der Waals surface area contributed by atoms with Gasteiger partial charge in [0.05, 0.1) is 18.1 Å². The number of nitrogens with one attached hydrogen (secondary N) is 1. The van der Waals surface area contributed by atoms with Crippen molar-refractivity contribution in [2.45, 2.75) is 0 Å². The second-order valence-electron chi connectivity index (χ2n) is 2.85. The maximum absolute atomic E-state index is 9.37. The lowest BCUT2D eigenvalue weighted by Gasteiger charge is -1.88. The van der Waals surface area contributed by atoms with Crippen LogP contribution in [0.15, 0.2) is 18.2 Å². The van der Waals surface area contributed by atoms with Gasteiger partial charge in [-0.3, -0.25) is 0 Å². The van der Waals surface area contributed by atoms with Crippen LogP contribution in [-0.4, -0.2) is 28.3 Å². The molecule has 1 aromatic carbocycles. The summed E-state index contributed by atoms with van der Waals surface area (Å²) in [7, 11) is 1.22. The zero-order chi connectivity index (χ0) is 12.1. The van der Waals surface area contributed by atoms with E-state index in [9.17, 15) is 4.79 Å². The molecule has 2 rings (SSSR count). The van der Waals surface area contributed by atoms with Gasteiger partial charge >= 0.3 is 6.09 Å². The zero-order valence-electron chi connectivity index (χ0n) is 8.60. The molecule has 0 fully saturated rings. The van der Waals surface area contributed by atoms with Gasteiger partial charge in [-0.15, -0.1) is 0 Å². The average Bonchev–Trinajstić information content (AvgIpc) is 2.58. The van der Waals surface area contributed by atoms with E-state index >= 15 is 0 Å². The van der Waals surface area contributed by atoms with Gasteiger partial charge in [0.15, 0.2) is 5.95 Å². The van der Waals surface area contributed by atoms with E-state index in [1.165, 1.54) is 7.11 Å². The largest absolute Gasteiger partial charge is 0.508 e. The molecule has 7 heteroatoms. The van der Waals surface area contributed by atoms with Crippen LogP contribution in [0.2, 0.25) is 0 Å². The highest BCUT2D eigenvalue weighted by Gasteiger charge is 1.98. The molecule has 0 aliphatic carbocycles. The number of anilines is 1. The van der Waals surface area contributed by atoms with Crippen LogP contribution in [0.3, 0.4) is 0 Å². The van der Waals surface area contributed by atoms with Crippen LogP contribution in [0.1, 0.15) is 0 Å². The Balaban J connectivity index is 0.000000221. The molecule has 7 nitrogen and oxygen atoms in total. The third-order valence-corrected chi connectivity index (χ3v) is 1.68. The number of phenols is 1. The summed E-state index contributed by atoms with van der Waals surface area (Å²) in [6.45, 7) is 0. The number of hydrogen-bond donors (Lipinski definition) is 4. The van der Waals surface area contributed by atoms with Crippen LogP contribution < -0.4 is 11.5 Å². The maximum atomic E-state index is 9.37. The van der Waals surface area contributed by atoms with Crippen molar-refractivity contribution in [3.8, 4) is 5.75 Å². The summed E-state index contributed by atoms with van der Waals surface area (Å²) >= 11 is 0. The Hall–Kier alpha value is -2.44. The number of aromatic nitrogens is 2. The van der Waals surface area contributed by atoms with Crippen molar-refractivity contribution in [3.63, 3.8) is 0 Å². The summed E-state index contributed by atoms with van der Waals surface area (Å²) in [5, 5.41) is 9.05. The second kappa shape index (κ2) is 4.87. The highest BCUT2D eigenvalue weighted by atomic mass is 16.5. The third-order valence-electron chi connectivity index (χ3n) is 1.68. The number of carbonyl (C=O) groups is 1. The van der Waals surface area contributed by atoms with Gasteiger partial charge in [0.1, 0.15) is 5.75 Å². The van der Waals surface area contributed by atoms with Gasteiger partial charge in [-0.05, 0) is 12.1 Å². The Bertz CT molecular complexity index is 494. The summed E-state index contributed by atoms with van der Waals surface area (Å²) < 4.78 is 3.89. The number of ether oxygens (including phenoxy) is 1. The molecule has 2 aromatic rings. The Morgan fingerprint density at radius 2 is 2.19 bits per heavy atom. The molecule has 16 heavy (non-hydrogen) atoms. The van der Waals surface area contributed by atoms with Crippen LogP contribution in [-0.2, 0) is 4.74 Å². The van der Waals surface area contributed by atoms with Crippen LogP contribution >= 0.6 is 0 Å². The molecular formula is C9H12N4O3. The summed E-state index contributed by atoms with van der Waals surface area (Å²) in [6, 6.07) is 4.86. The SMILES string of the molecule is COC(N)=O.Nc1nc2ccc(O)cc2[nH]1. The number of carbonyl (C=O) groups excluding carboxylic acids is 1. The number of aromatic amines is 1. The van der Waals surface area contributed by atoms with Gasteiger partial charge in [0.2, 0.25) is 0 Å². The molecule has 0 unspecified atom stereocenters. The first-order chi connectivity index (χ1) is 7.52. The number of nitrogens with zero attached hydrogens (tertiary/aromatic N) is 1. The molecular weight excluding hydrogens is 212 g/mol. The smallest absolute Gasteiger partial charge is 0.404 e. The monoisotopic (exact) mass is 224 g/mol. The van der Waals surface area contributed by atoms with E-state index in [1.807, 2.05) is 0 Å². The Kier molecular flexibility index (Phi) is 3.54. The lowest BCUT2D eigenvalue weighted by Crippen LogP contribution is -2.08. The normalized spacial score (nSPS) is 9.31. The average molecular weight is 224 g/mol. The van der Waals surface area contributed by atoms with E-state index in [-0.39, 0.29) is 5.75 Å². The zero-order valence-corrected chi connectivity index (χ0v) is 8.60. The highest BCUT2D eigenvalue weighted by molar-refractivity contribution is 5.78. The third kappa shape index (κ3) is 3.05. The van der Waals surface area contributed by atoms with E-state index in [0.717, 1.165) is 11.0 Å². The van der Waals surface area contributed by atoms with E-state index in [1.54, 1.807) is 18.2 Å². The predicted octanol–water partition coefficient (Wildman–Crippen LogP) is 0.562. The van der Waals surface area contributed by atoms with Gasteiger partial charge in [0.25, 0.3) is 0 Å². The molecule has 0 aliphatic rings. The number of hydrogen-bond acceptors (Lipinski definition) is 5. The lowest BCUT2D eigenvalue weighted by molar-refractivity contribution is 0.182. The quantitative estimate of drug-likeness (QED) is 0.520. The number of primary amides is 1. The van der Waals surface area contributed by atoms with Gasteiger partial charge < -0.3 is 26.3 Å². The highest BCUT2D eigenvalue weighted by Crippen LogP contribution is 2.17. The first-order valence-electron chi connectivity index (χ1n) is 4.30. The van der Waals surface area contributed by atoms with Crippen molar-refractivity contribution in [3.05, 3.63) is 18.2 Å². The number of amides is 1. The number of rotatable bonds is 0. The molecule has 86 valence electrons. The predicted molar refractivity (Wildman–Crippen MR) is 58.8 cm³/mol. The molecule has 0 atom stereocenters. The van der Waals surface area contributed by atoms with Crippen LogP contribution in [0, 0.1) is 0 Å². The number of fused-ring (bicyclic) bond motifs is 1. The first kappa shape index (κ1) is 11.6. The molecule has 0 radical (unpaired) electrons. The second-order valence-corrected chi connectivity index (χ2v) is 2.85. The van der Waals surface area contributed by atoms with Gasteiger partial charge in [-0.2, -0.15) is 0 Å². The number of phenolic OH excluding ortho intramolecular Hbond substituents is 1. The van der Waals surface area contributed by atoms with Crippen molar-refractivity contribution < 1.29 is 14.6 Å². The molecule has 0 bridgehead atoms. The molecule has 0 spiro atoms. The first-order valence-corrected chi connectivity index (χ1v) is 4.30. The van der Waals surface area contributed by atoms with Gasteiger partial charge in [-0.1, -0.05) is 0 Å². The lowest BCUT2D eigenvalue weighted by atomic mass is 10.3. The number of nitrogens with two attached hydrogens (primary N) is 2. The molecule has 0 saturated heterocycles. The number of benzene rings is 1. The number of imidazole rings is 1. The maximum Gasteiger partial charge on any atom is 0.404 e. The van der Waals surface area contributed by atoms with Crippen LogP contribution in [0.25, 0.3) is 11.0 Å². The summed E-state index contributed by atoms with van der Waals surface area (Å²) in [4.78, 5) is 16.1. The molecule has 1 heterocycles. The fourth-order valence-corrected chi connectivity index (χ4v) is 1.02. The van der Waals surface area contributed by atoms with Gasteiger partial charge in [0, 0.05) is 6.07 Å². The number of aromatic hydroxyl groups is 1. The Morgan fingerprint density at radius 3 is 2.75 bits per heavy atom. The minimum atomic E-state index is -0.745. The number of nitrogen functional groups attached to an aromatic ring is 1. The molecule has 0 aliphatic heterocycles. The standard InChI is InChI=1S/C7H7N3O.C2H5NO2/c8-7-9-5-2-1-4(11)3-6(5)10-7;1-5-2(3)4/h1-3,11H,(H3,8,9,10);1H3,(H2,3,4). The van der Waals surface area contributed by atoms with Crippen molar-refractivity contribution >= 4 is 23.1 Å².